The third kappa shape index (κ3) is 3.36. The van der Waals surface area contributed by atoms with Gasteiger partial charge in [0.15, 0.2) is 0 Å². The van der Waals surface area contributed by atoms with Crippen LogP contribution in [0.5, 0.6) is 0 Å². The normalized spacial score (nSPS) is 26.5. The number of hydrogen-bond acceptors (Lipinski definition) is 5. The van der Waals surface area contributed by atoms with Crippen molar-refractivity contribution in [1.29, 1.82) is 0 Å². The van der Waals surface area contributed by atoms with Crippen molar-refractivity contribution >= 4 is 0 Å². The zero-order valence-corrected chi connectivity index (χ0v) is 14.3. The molecule has 1 aromatic rings. The molecule has 0 spiro atoms. The summed E-state index contributed by atoms with van der Waals surface area (Å²) in [6, 6.07) is 0.786. The second-order valence-electron chi connectivity index (χ2n) is 7.68. The molecule has 0 saturated carbocycles. The predicted molar refractivity (Wildman–Crippen MR) is 86.0 cm³/mol. The fraction of sp³-hybridized carbons (Fsp3) is 0.824. The lowest BCUT2D eigenvalue weighted by Crippen LogP contribution is -2.50. The molecule has 3 heterocycles. The van der Waals surface area contributed by atoms with Crippen LogP contribution in [-0.2, 0) is 10.2 Å². The fourth-order valence-corrected chi connectivity index (χ4v) is 3.38. The summed E-state index contributed by atoms with van der Waals surface area (Å²) in [6.07, 6.45) is 4.26. The van der Waals surface area contributed by atoms with Crippen LogP contribution in [0.15, 0.2) is 10.7 Å². The third-order valence-electron chi connectivity index (χ3n) is 4.90. The van der Waals surface area contributed by atoms with Gasteiger partial charge in [0, 0.05) is 18.0 Å². The van der Waals surface area contributed by atoms with Crippen LogP contribution in [0.1, 0.15) is 51.2 Å². The topological polar surface area (TPSA) is 41.7 Å². The summed E-state index contributed by atoms with van der Waals surface area (Å²) in [4.78, 5) is 9.74. The Morgan fingerprint density at radius 3 is 2.55 bits per heavy atom. The fourth-order valence-electron chi connectivity index (χ4n) is 3.38. The van der Waals surface area contributed by atoms with Crippen molar-refractivity contribution in [1.82, 2.24) is 14.8 Å². The van der Waals surface area contributed by atoms with Gasteiger partial charge in [-0.2, -0.15) is 0 Å². The Labute approximate surface area is 133 Å². The summed E-state index contributed by atoms with van der Waals surface area (Å²) >= 11 is 0. The molecule has 5 nitrogen and oxygen atoms in total. The van der Waals surface area contributed by atoms with Crippen LogP contribution in [0.25, 0.3) is 0 Å². The van der Waals surface area contributed by atoms with Crippen LogP contribution in [0.3, 0.4) is 0 Å². The van der Waals surface area contributed by atoms with Crippen molar-refractivity contribution < 1.29 is 9.15 Å². The lowest BCUT2D eigenvalue weighted by molar-refractivity contribution is -0.0499. The van der Waals surface area contributed by atoms with E-state index in [1.54, 1.807) is 0 Å². The zero-order valence-electron chi connectivity index (χ0n) is 14.3. The van der Waals surface area contributed by atoms with Crippen LogP contribution in [-0.4, -0.2) is 60.7 Å². The van der Waals surface area contributed by atoms with Crippen LogP contribution < -0.4 is 0 Å². The average molecular weight is 307 g/mol. The maximum atomic E-state index is 5.83. The van der Waals surface area contributed by atoms with Gasteiger partial charge in [-0.1, -0.05) is 20.8 Å². The first-order valence-corrected chi connectivity index (χ1v) is 8.43. The highest BCUT2D eigenvalue weighted by Gasteiger charge is 2.35. The van der Waals surface area contributed by atoms with E-state index in [1.807, 2.05) is 6.26 Å². The summed E-state index contributed by atoms with van der Waals surface area (Å²) in [5.41, 5.74) is 1.05. The molecule has 0 unspecified atom stereocenters. The Bertz CT molecular complexity index is 486. The zero-order chi connectivity index (χ0) is 15.7. The standard InChI is InChI=1S/C17H29N3O2/c1-17(2,3)15-12-22-16(18-15)14-11-21-10-9-20(14)13-5-7-19(4)8-6-13/h12-14H,5-11H2,1-4H3/t14-/m0/s1. The first kappa shape index (κ1) is 16.0. The van der Waals surface area contributed by atoms with Crippen molar-refractivity contribution in [2.75, 3.05) is 39.9 Å². The lowest BCUT2D eigenvalue weighted by Gasteiger charge is -2.42. The second-order valence-corrected chi connectivity index (χ2v) is 7.68. The van der Waals surface area contributed by atoms with Crippen LogP contribution in [0, 0.1) is 0 Å². The maximum Gasteiger partial charge on any atom is 0.214 e. The quantitative estimate of drug-likeness (QED) is 0.839. The molecule has 0 N–H and O–H groups in total. The molecule has 2 saturated heterocycles. The second kappa shape index (κ2) is 6.30. The van der Waals surface area contributed by atoms with Crippen molar-refractivity contribution in [3.8, 4) is 0 Å². The van der Waals surface area contributed by atoms with Crippen LogP contribution >= 0.6 is 0 Å². The Balaban J connectivity index is 1.76. The molecule has 0 amide bonds. The van der Waals surface area contributed by atoms with E-state index >= 15 is 0 Å². The monoisotopic (exact) mass is 307 g/mol. The highest BCUT2D eigenvalue weighted by molar-refractivity contribution is 5.10. The van der Waals surface area contributed by atoms with Gasteiger partial charge >= 0.3 is 0 Å². The molecule has 5 heteroatoms. The van der Waals surface area contributed by atoms with Crippen molar-refractivity contribution in [2.24, 2.45) is 0 Å². The molecular weight excluding hydrogens is 278 g/mol. The molecule has 2 aliphatic heterocycles. The molecule has 0 aliphatic carbocycles. The number of rotatable bonds is 2. The molecule has 0 aromatic carbocycles. The Morgan fingerprint density at radius 1 is 1.18 bits per heavy atom. The average Bonchev–Trinajstić information content (AvgIpc) is 2.98. The summed E-state index contributed by atoms with van der Waals surface area (Å²) in [7, 11) is 2.21. The van der Waals surface area contributed by atoms with E-state index in [-0.39, 0.29) is 11.5 Å². The van der Waals surface area contributed by atoms with Crippen LogP contribution in [0.4, 0.5) is 0 Å². The number of aromatic nitrogens is 1. The van der Waals surface area contributed by atoms with E-state index in [1.165, 1.54) is 25.9 Å². The third-order valence-corrected chi connectivity index (χ3v) is 4.90. The molecule has 22 heavy (non-hydrogen) atoms. The minimum Gasteiger partial charge on any atom is -0.447 e. The van der Waals surface area contributed by atoms with Crippen molar-refractivity contribution in [2.45, 2.75) is 51.1 Å². The highest BCUT2D eigenvalue weighted by atomic mass is 16.5. The Kier molecular flexibility index (Phi) is 4.57. The van der Waals surface area contributed by atoms with Gasteiger partial charge in [0.25, 0.3) is 0 Å². The number of likely N-dealkylation sites (tertiary alicyclic amines) is 1. The molecule has 1 aromatic heterocycles. The highest BCUT2D eigenvalue weighted by Crippen LogP contribution is 2.31. The summed E-state index contributed by atoms with van der Waals surface area (Å²) in [5.74, 6) is 0.823. The van der Waals surface area contributed by atoms with Gasteiger partial charge in [-0.3, -0.25) is 4.90 Å². The minimum absolute atomic E-state index is 0.0235. The molecule has 2 aliphatic rings. The van der Waals surface area contributed by atoms with E-state index in [0.29, 0.717) is 12.6 Å². The summed E-state index contributed by atoms with van der Waals surface area (Å²) < 4.78 is 11.6. The van der Waals surface area contributed by atoms with Crippen molar-refractivity contribution in [3.05, 3.63) is 17.8 Å². The molecule has 2 fully saturated rings. The van der Waals surface area contributed by atoms with Gasteiger partial charge < -0.3 is 14.1 Å². The summed E-state index contributed by atoms with van der Waals surface area (Å²) in [6.45, 7) is 11.3. The van der Waals surface area contributed by atoms with Crippen LogP contribution in [0.2, 0.25) is 0 Å². The van der Waals surface area contributed by atoms with E-state index in [4.69, 9.17) is 14.1 Å². The smallest absolute Gasteiger partial charge is 0.214 e. The molecule has 124 valence electrons. The molecular formula is C17H29N3O2. The molecule has 0 radical (unpaired) electrons. The number of oxazole rings is 1. The number of piperidine rings is 1. The molecule has 0 bridgehead atoms. The van der Waals surface area contributed by atoms with Gasteiger partial charge in [0.05, 0.1) is 18.9 Å². The number of morpholine rings is 1. The van der Waals surface area contributed by atoms with E-state index in [2.05, 4.69) is 37.6 Å². The minimum atomic E-state index is 0.0235. The van der Waals surface area contributed by atoms with E-state index in [0.717, 1.165) is 24.7 Å². The van der Waals surface area contributed by atoms with Gasteiger partial charge in [-0.25, -0.2) is 4.98 Å². The number of ether oxygens (including phenoxy) is 1. The SMILES string of the molecule is CN1CCC(N2CCOC[C@H]2c2nc(C(C)(C)C)co2)CC1. The van der Waals surface area contributed by atoms with E-state index in [9.17, 15) is 0 Å². The Morgan fingerprint density at radius 2 is 1.91 bits per heavy atom. The first-order valence-electron chi connectivity index (χ1n) is 8.43. The molecule has 1 atom stereocenters. The van der Waals surface area contributed by atoms with Gasteiger partial charge in [0.1, 0.15) is 12.3 Å². The number of nitrogens with zero attached hydrogens (tertiary/aromatic N) is 3. The van der Waals surface area contributed by atoms with Gasteiger partial charge in [0.2, 0.25) is 5.89 Å². The maximum absolute atomic E-state index is 5.83. The summed E-state index contributed by atoms with van der Waals surface area (Å²) in [5, 5.41) is 0. The van der Waals surface area contributed by atoms with E-state index < -0.39 is 0 Å². The Hall–Kier alpha value is -0.910. The lowest BCUT2D eigenvalue weighted by atomic mass is 9.93. The molecule has 3 rings (SSSR count). The number of hydrogen-bond donors (Lipinski definition) is 0. The van der Waals surface area contributed by atoms with Gasteiger partial charge in [-0.05, 0) is 33.0 Å². The largest absolute Gasteiger partial charge is 0.447 e. The first-order chi connectivity index (χ1) is 10.4. The van der Waals surface area contributed by atoms with Crippen molar-refractivity contribution in [3.63, 3.8) is 0 Å². The predicted octanol–water partition coefficient (Wildman–Crippen LogP) is 2.44. The van der Waals surface area contributed by atoms with Gasteiger partial charge in [-0.15, -0.1) is 0 Å².